The Hall–Kier alpha value is -2.79. The number of nitrogens with one attached hydrogen (secondary N) is 2. The first-order valence-electron chi connectivity index (χ1n) is 8.40. The normalized spacial score (nSPS) is 10.4. The van der Waals surface area contributed by atoms with E-state index >= 15 is 0 Å². The Morgan fingerprint density at radius 1 is 0.923 bits per heavy atom. The van der Waals surface area contributed by atoms with E-state index in [1.165, 1.54) is 5.56 Å². The summed E-state index contributed by atoms with van der Waals surface area (Å²) in [5.74, 6) is 2.44. The van der Waals surface area contributed by atoms with Crippen molar-refractivity contribution in [3.05, 3.63) is 77.1 Å². The lowest BCUT2D eigenvalue weighted by atomic mass is 10.1. The summed E-state index contributed by atoms with van der Waals surface area (Å²) in [6.45, 7) is 1.46. The first kappa shape index (κ1) is 18.0. The van der Waals surface area contributed by atoms with Gasteiger partial charge in [-0.25, -0.2) is 9.97 Å². The molecule has 0 aliphatic rings. The van der Waals surface area contributed by atoms with E-state index in [1.807, 2.05) is 48.5 Å². The molecule has 0 spiro atoms. The van der Waals surface area contributed by atoms with Crippen molar-refractivity contribution in [1.82, 2.24) is 9.97 Å². The summed E-state index contributed by atoms with van der Waals surface area (Å²) in [5, 5.41) is 7.36. The molecule has 1 aromatic heterocycles. The van der Waals surface area contributed by atoms with Crippen molar-refractivity contribution in [2.45, 2.75) is 13.0 Å². The number of ether oxygens (including phenoxy) is 1. The molecule has 0 fully saturated rings. The second kappa shape index (κ2) is 9.06. The van der Waals surface area contributed by atoms with Crippen molar-refractivity contribution in [2.24, 2.45) is 0 Å². The zero-order valence-electron chi connectivity index (χ0n) is 14.6. The molecule has 0 saturated heterocycles. The van der Waals surface area contributed by atoms with E-state index in [-0.39, 0.29) is 0 Å². The Bertz CT molecular complexity index is 839. The molecular weight excluding hydrogens is 348 g/mol. The largest absolute Gasteiger partial charge is 0.497 e. The van der Waals surface area contributed by atoms with Crippen LogP contribution in [0.15, 0.2) is 60.9 Å². The number of nitrogens with zero attached hydrogens (tertiary/aromatic N) is 2. The summed E-state index contributed by atoms with van der Waals surface area (Å²) < 4.78 is 5.25. The van der Waals surface area contributed by atoms with Crippen molar-refractivity contribution < 1.29 is 4.74 Å². The number of aromatic nitrogens is 2. The molecule has 6 heteroatoms. The van der Waals surface area contributed by atoms with E-state index < -0.39 is 0 Å². The predicted molar refractivity (Wildman–Crippen MR) is 106 cm³/mol. The molecule has 0 atom stereocenters. The molecule has 3 rings (SSSR count). The van der Waals surface area contributed by atoms with Crippen molar-refractivity contribution >= 4 is 23.2 Å². The van der Waals surface area contributed by atoms with E-state index in [9.17, 15) is 0 Å². The summed E-state index contributed by atoms with van der Waals surface area (Å²) in [6, 6.07) is 17.7. The van der Waals surface area contributed by atoms with Gasteiger partial charge in [0, 0.05) is 24.2 Å². The molecule has 3 aromatic rings. The molecule has 134 valence electrons. The maximum atomic E-state index is 5.90. The lowest BCUT2D eigenvalue weighted by Gasteiger charge is -2.09. The molecule has 0 amide bonds. The lowest BCUT2D eigenvalue weighted by molar-refractivity contribution is 0.414. The zero-order chi connectivity index (χ0) is 18.2. The van der Waals surface area contributed by atoms with Crippen LogP contribution in [-0.2, 0) is 13.0 Å². The molecule has 26 heavy (non-hydrogen) atoms. The standard InChI is InChI=1S/C20H21ClN4O/c1-26-18-4-2-3-15(11-18)9-10-22-19-12-20(25-14-24-19)23-13-16-5-7-17(21)8-6-16/h2-8,11-12,14H,9-10,13H2,1H3,(H2,22,23,24,25). The molecular formula is C20H21ClN4O. The van der Waals surface area contributed by atoms with Gasteiger partial charge in [-0.05, 0) is 41.8 Å². The third-order valence-electron chi connectivity index (χ3n) is 3.91. The van der Waals surface area contributed by atoms with Gasteiger partial charge in [0.05, 0.1) is 7.11 Å². The van der Waals surface area contributed by atoms with Crippen LogP contribution in [0, 0.1) is 0 Å². The Labute approximate surface area is 158 Å². The van der Waals surface area contributed by atoms with Gasteiger partial charge in [0.1, 0.15) is 23.7 Å². The molecule has 0 aliphatic heterocycles. The number of anilines is 2. The molecule has 0 bridgehead atoms. The first-order chi connectivity index (χ1) is 12.7. The van der Waals surface area contributed by atoms with Crippen LogP contribution in [0.3, 0.4) is 0 Å². The highest BCUT2D eigenvalue weighted by Crippen LogP contribution is 2.15. The molecule has 0 saturated carbocycles. The Morgan fingerprint density at radius 3 is 2.46 bits per heavy atom. The first-order valence-corrected chi connectivity index (χ1v) is 8.78. The minimum Gasteiger partial charge on any atom is -0.497 e. The van der Waals surface area contributed by atoms with Crippen LogP contribution >= 0.6 is 11.6 Å². The minimum absolute atomic E-state index is 0.678. The smallest absolute Gasteiger partial charge is 0.131 e. The highest BCUT2D eigenvalue weighted by molar-refractivity contribution is 6.30. The van der Waals surface area contributed by atoms with Gasteiger partial charge in [-0.2, -0.15) is 0 Å². The fourth-order valence-electron chi connectivity index (χ4n) is 2.51. The average Bonchev–Trinajstić information content (AvgIpc) is 2.68. The van der Waals surface area contributed by atoms with Crippen molar-refractivity contribution in [3.63, 3.8) is 0 Å². The molecule has 1 heterocycles. The summed E-state index contributed by atoms with van der Waals surface area (Å²) in [4.78, 5) is 8.52. The van der Waals surface area contributed by atoms with Gasteiger partial charge >= 0.3 is 0 Å². The number of halogens is 1. The highest BCUT2D eigenvalue weighted by atomic mass is 35.5. The van der Waals surface area contributed by atoms with Gasteiger partial charge < -0.3 is 15.4 Å². The van der Waals surface area contributed by atoms with Crippen LogP contribution in [0.25, 0.3) is 0 Å². The van der Waals surface area contributed by atoms with Crippen LogP contribution < -0.4 is 15.4 Å². The second-order valence-corrected chi connectivity index (χ2v) is 6.23. The Kier molecular flexibility index (Phi) is 6.28. The van der Waals surface area contributed by atoms with Crippen LogP contribution in [0.1, 0.15) is 11.1 Å². The SMILES string of the molecule is COc1cccc(CCNc2cc(NCc3ccc(Cl)cc3)ncn2)c1. The van der Waals surface area contributed by atoms with Gasteiger partial charge in [-0.1, -0.05) is 35.9 Å². The lowest BCUT2D eigenvalue weighted by Crippen LogP contribution is -2.08. The van der Waals surface area contributed by atoms with E-state index in [2.05, 4.69) is 26.7 Å². The fourth-order valence-corrected chi connectivity index (χ4v) is 2.63. The molecule has 5 nitrogen and oxygen atoms in total. The summed E-state index contributed by atoms with van der Waals surface area (Å²) >= 11 is 5.90. The van der Waals surface area contributed by atoms with E-state index in [0.29, 0.717) is 6.54 Å². The van der Waals surface area contributed by atoms with Crippen molar-refractivity contribution in [3.8, 4) is 5.75 Å². The van der Waals surface area contributed by atoms with Crippen molar-refractivity contribution in [2.75, 3.05) is 24.3 Å². The number of benzene rings is 2. The number of hydrogen-bond donors (Lipinski definition) is 2. The number of rotatable bonds is 8. The maximum Gasteiger partial charge on any atom is 0.131 e. The highest BCUT2D eigenvalue weighted by Gasteiger charge is 2.01. The fraction of sp³-hybridized carbons (Fsp3) is 0.200. The average molecular weight is 369 g/mol. The van der Waals surface area contributed by atoms with Gasteiger partial charge in [-0.3, -0.25) is 0 Å². The summed E-state index contributed by atoms with van der Waals surface area (Å²) in [5.41, 5.74) is 2.35. The van der Waals surface area contributed by atoms with Gasteiger partial charge in [0.25, 0.3) is 0 Å². The van der Waals surface area contributed by atoms with Crippen LogP contribution in [-0.4, -0.2) is 23.6 Å². The van der Waals surface area contributed by atoms with E-state index in [0.717, 1.165) is 40.9 Å². The quantitative estimate of drug-likeness (QED) is 0.617. The molecule has 0 unspecified atom stereocenters. The number of hydrogen-bond acceptors (Lipinski definition) is 5. The summed E-state index contributed by atoms with van der Waals surface area (Å²) in [7, 11) is 1.68. The van der Waals surface area contributed by atoms with Gasteiger partial charge in [0.2, 0.25) is 0 Å². The van der Waals surface area contributed by atoms with E-state index in [1.54, 1.807) is 13.4 Å². The van der Waals surface area contributed by atoms with Crippen molar-refractivity contribution in [1.29, 1.82) is 0 Å². The zero-order valence-corrected chi connectivity index (χ0v) is 15.3. The van der Waals surface area contributed by atoms with Crippen LogP contribution in [0.4, 0.5) is 11.6 Å². The third-order valence-corrected chi connectivity index (χ3v) is 4.16. The topological polar surface area (TPSA) is 59.1 Å². The van der Waals surface area contributed by atoms with Gasteiger partial charge in [-0.15, -0.1) is 0 Å². The molecule has 0 radical (unpaired) electrons. The Morgan fingerprint density at radius 2 is 1.69 bits per heavy atom. The predicted octanol–water partition coefficient (Wildman–Crippen LogP) is 4.41. The minimum atomic E-state index is 0.678. The summed E-state index contributed by atoms with van der Waals surface area (Å²) in [6.07, 6.45) is 2.44. The number of methoxy groups -OCH3 is 1. The molecule has 2 N–H and O–H groups in total. The van der Waals surface area contributed by atoms with Gasteiger partial charge in [0.15, 0.2) is 0 Å². The monoisotopic (exact) mass is 368 g/mol. The van der Waals surface area contributed by atoms with Crippen LogP contribution in [0.5, 0.6) is 5.75 Å². The van der Waals surface area contributed by atoms with Crippen LogP contribution in [0.2, 0.25) is 5.02 Å². The third kappa shape index (κ3) is 5.36. The Balaban J connectivity index is 1.51. The maximum absolute atomic E-state index is 5.90. The van der Waals surface area contributed by atoms with E-state index in [4.69, 9.17) is 16.3 Å². The molecule has 0 aliphatic carbocycles. The molecule has 2 aromatic carbocycles. The second-order valence-electron chi connectivity index (χ2n) is 5.80.